The number of carboxylic acid groups (broad SMARTS) is 1. The van der Waals surface area contributed by atoms with Gasteiger partial charge in [0.2, 0.25) is 0 Å². The standard InChI is InChI=1S/C17H11N3O4S/c1-19-9-12(8-18)14(15(19)17(21)22)10-2-4-11(5-3-10)16-13(20(23)24)6-7-25-16/h2-7,9H,1H3,(H,21,22). The van der Waals surface area contributed by atoms with Crippen LogP contribution >= 0.6 is 11.3 Å². The number of carboxylic acids is 1. The van der Waals surface area contributed by atoms with Crippen LogP contribution in [-0.2, 0) is 7.05 Å². The molecular weight excluding hydrogens is 342 g/mol. The molecule has 2 aromatic heterocycles. The van der Waals surface area contributed by atoms with Gasteiger partial charge in [0.1, 0.15) is 16.6 Å². The number of aromatic carboxylic acids is 1. The second-order valence-electron chi connectivity index (χ2n) is 5.26. The first-order valence-corrected chi connectivity index (χ1v) is 7.97. The maximum Gasteiger partial charge on any atom is 0.353 e. The van der Waals surface area contributed by atoms with Gasteiger partial charge in [0.05, 0.1) is 10.5 Å². The fourth-order valence-corrected chi connectivity index (χ4v) is 3.58. The third kappa shape index (κ3) is 2.77. The van der Waals surface area contributed by atoms with Gasteiger partial charge in [0.15, 0.2) is 0 Å². The molecule has 0 fully saturated rings. The van der Waals surface area contributed by atoms with E-state index in [9.17, 15) is 25.3 Å². The molecule has 0 unspecified atom stereocenters. The Balaban J connectivity index is 2.11. The van der Waals surface area contributed by atoms with E-state index < -0.39 is 10.9 Å². The molecular formula is C17H11N3O4S. The summed E-state index contributed by atoms with van der Waals surface area (Å²) in [6.45, 7) is 0. The van der Waals surface area contributed by atoms with Crippen molar-refractivity contribution in [2.45, 2.75) is 0 Å². The number of benzene rings is 1. The Bertz CT molecular complexity index is 1030. The summed E-state index contributed by atoms with van der Waals surface area (Å²) in [5.41, 5.74) is 1.88. The minimum absolute atomic E-state index is 0.0198. The lowest BCUT2D eigenvalue weighted by Gasteiger charge is -2.05. The van der Waals surface area contributed by atoms with Crippen LogP contribution in [0.15, 0.2) is 41.9 Å². The molecule has 0 spiro atoms. The van der Waals surface area contributed by atoms with Crippen molar-refractivity contribution >= 4 is 23.0 Å². The van der Waals surface area contributed by atoms with Crippen molar-refractivity contribution in [1.82, 2.24) is 4.57 Å². The zero-order valence-electron chi connectivity index (χ0n) is 13.0. The van der Waals surface area contributed by atoms with Crippen LogP contribution in [0.2, 0.25) is 0 Å². The predicted molar refractivity (Wildman–Crippen MR) is 92.5 cm³/mol. The monoisotopic (exact) mass is 353 g/mol. The second kappa shape index (κ2) is 6.22. The number of nitrogens with zero attached hydrogens (tertiary/aromatic N) is 3. The molecule has 1 aromatic carbocycles. The fourth-order valence-electron chi connectivity index (χ4n) is 2.71. The Morgan fingerprint density at radius 3 is 2.48 bits per heavy atom. The highest BCUT2D eigenvalue weighted by atomic mass is 32.1. The zero-order valence-corrected chi connectivity index (χ0v) is 13.8. The summed E-state index contributed by atoms with van der Waals surface area (Å²) < 4.78 is 1.40. The van der Waals surface area contributed by atoms with Crippen LogP contribution in [0.4, 0.5) is 5.69 Å². The molecule has 0 radical (unpaired) electrons. The first-order chi connectivity index (χ1) is 11.9. The fraction of sp³-hybridized carbons (Fsp3) is 0.0588. The molecule has 124 valence electrons. The van der Waals surface area contributed by atoms with Crippen LogP contribution in [-0.4, -0.2) is 20.6 Å². The Kier molecular flexibility index (Phi) is 4.09. The van der Waals surface area contributed by atoms with Crippen LogP contribution < -0.4 is 0 Å². The van der Waals surface area contributed by atoms with Crippen LogP contribution in [0, 0.1) is 21.4 Å². The summed E-state index contributed by atoms with van der Waals surface area (Å²) in [7, 11) is 1.57. The summed E-state index contributed by atoms with van der Waals surface area (Å²) in [4.78, 5) is 22.7. The van der Waals surface area contributed by atoms with E-state index in [1.807, 2.05) is 6.07 Å². The Morgan fingerprint density at radius 2 is 1.92 bits per heavy atom. The highest BCUT2D eigenvalue weighted by molar-refractivity contribution is 7.14. The largest absolute Gasteiger partial charge is 0.477 e. The lowest BCUT2D eigenvalue weighted by Crippen LogP contribution is -2.05. The third-order valence-electron chi connectivity index (χ3n) is 3.78. The topological polar surface area (TPSA) is 109 Å². The molecule has 2 heterocycles. The Labute approximate surface area is 146 Å². The number of thiophene rings is 1. The number of carbonyl (C=O) groups is 1. The average molecular weight is 353 g/mol. The van der Waals surface area contributed by atoms with Gasteiger partial charge in [-0.05, 0) is 16.5 Å². The molecule has 0 amide bonds. The molecule has 25 heavy (non-hydrogen) atoms. The van der Waals surface area contributed by atoms with Crippen molar-refractivity contribution in [2.75, 3.05) is 0 Å². The molecule has 3 rings (SSSR count). The van der Waals surface area contributed by atoms with Gasteiger partial charge < -0.3 is 9.67 Å². The first-order valence-electron chi connectivity index (χ1n) is 7.09. The molecule has 0 saturated carbocycles. The maximum atomic E-state index is 11.5. The SMILES string of the molecule is Cn1cc(C#N)c(-c2ccc(-c3sccc3[N+](=O)[O-])cc2)c1C(=O)O. The number of nitro groups is 1. The molecule has 0 aliphatic heterocycles. The van der Waals surface area contributed by atoms with E-state index in [-0.39, 0.29) is 16.9 Å². The van der Waals surface area contributed by atoms with E-state index in [0.29, 0.717) is 21.6 Å². The van der Waals surface area contributed by atoms with Crippen LogP contribution in [0.5, 0.6) is 0 Å². The first kappa shape index (κ1) is 16.4. The summed E-state index contributed by atoms with van der Waals surface area (Å²) in [5, 5.41) is 31.4. The van der Waals surface area contributed by atoms with Crippen molar-refractivity contribution in [3.8, 4) is 27.6 Å². The van der Waals surface area contributed by atoms with Crippen molar-refractivity contribution in [3.63, 3.8) is 0 Å². The minimum atomic E-state index is -1.13. The smallest absolute Gasteiger partial charge is 0.353 e. The maximum absolute atomic E-state index is 11.5. The van der Waals surface area contributed by atoms with Gasteiger partial charge in [-0.15, -0.1) is 11.3 Å². The molecule has 0 bridgehead atoms. The van der Waals surface area contributed by atoms with E-state index in [4.69, 9.17) is 0 Å². The van der Waals surface area contributed by atoms with E-state index >= 15 is 0 Å². The van der Waals surface area contributed by atoms with Gasteiger partial charge in [-0.2, -0.15) is 5.26 Å². The zero-order chi connectivity index (χ0) is 18.1. The van der Waals surface area contributed by atoms with Crippen LogP contribution in [0.1, 0.15) is 16.1 Å². The number of aryl methyl sites for hydroxylation is 1. The number of aromatic nitrogens is 1. The van der Waals surface area contributed by atoms with Crippen LogP contribution in [0.25, 0.3) is 21.6 Å². The average Bonchev–Trinajstić information content (AvgIpc) is 3.19. The van der Waals surface area contributed by atoms with Crippen molar-refractivity contribution in [2.24, 2.45) is 7.05 Å². The molecule has 3 aromatic rings. The Morgan fingerprint density at radius 1 is 1.28 bits per heavy atom. The number of hydrogen-bond acceptors (Lipinski definition) is 5. The normalized spacial score (nSPS) is 10.4. The van der Waals surface area contributed by atoms with Gasteiger partial charge in [-0.1, -0.05) is 24.3 Å². The van der Waals surface area contributed by atoms with Crippen molar-refractivity contribution in [3.05, 3.63) is 63.3 Å². The molecule has 0 atom stereocenters. The number of nitriles is 1. The quantitative estimate of drug-likeness (QED) is 0.565. The summed E-state index contributed by atoms with van der Waals surface area (Å²) in [6, 6.07) is 10.2. The number of hydrogen-bond donors (Lipinski definition) is 1. The lowest BCUT2D eigenvalue weighted by molar-refractivity contribution is -0.383. The highest BCUT2D eigenvalue weighted by Crippen LogP contribution is 2.37. The van der Waals surface area contributed by atoms with Gasteiger partial charge in [0, 0.05) is 24.9 Å². The second-order valence-corrected chi connectivity index (χ2v) is 6.18. The van der Waals surface area contributed by atoms with Crippen molar-refractivity contribution < 1.29 is 14.8 Å². The molecule has 0 aliphatic carbocycles. The van der Waals surface area contributed by atoms with Crippen LogP contribution in [0.3, 0.4) is 0 Å². The lowest BCUT2D eigenvalue weighted by atomic mass is 10.00. The highest BCUT2D eigenvalue weighted by Gasteiger charge is 2.22. The van der Waals surface area contributed by atoms with E-state index in [2.05, 4.69) is 0 Å². The van der Waals surface area contributed by atoms with Gasteiger partial charge in [0.25, 0.3) is 5.69 Å². The molecule has 8 heteroatoms. The van der Waals surface area contributed by atoms with Gasteiger partial charge in [-0.25, -0.2) is 4.79 Å². The van der Waals surface area contributed by atoms with E-state index in [1.165, 1.54) is 28.2 Å². The molecule has 1 N–H and O–H groups in total. The summed E-state index contributed by atoms with van der Waals surface area (Å²) in [5.74, 6) is -1.13. The summed E-state index contributed by atoms with van der Waals surface area (Å²) >= 11 is 1.26. The van der Waals surface area contributed by atoms with Gasteiger partial charge >= 0.3 is 5.97 Å². The molecule has 0 aliphatic rings. The molecule has 7 nitrogen and oxygen atoms in total. The third-order valence-corrected chi connectivity index (χ3v) is 4.73. The predicted octanol–water partition coefficient (Wildman–Crippen LogP) is 3.90. The molecule has 0 saturated heterocycles. The van der Waals surface area contributed by atoms with E-state index in [1.54, 1.807) is 36.7 Å². The van der Waals surface area contributed by atoms with Crippen molar-refractivity contribution in [1.29, 1.82) is 5.26 Å². The summed E-state index contributed by atoms with van der Waals surface area (Å²) in [6.07, 6.45) is 1.47. The number of rotatable bonds is 4. The minimum Gasteiger partial charge on any atom is -0.477 e. The Hall–Kier alpha value is -3.44. The van der Waals surface area contributed by atoms with Gasteiger partial charge in [-0.3, -0.25) is 10.1 Å². The van der Waals surface area contributed by atoms with E-state index in [0.717, 1.165) is 0 Å².